The second-order valence-electron chi connectivity index (χ2n) is 4.33. The van der Waals surface area contributed by atoms with Gasteiger partial charge in [-0.15, -0.1) is 0 Å². The third-order valence-electron chi connectivity index (χ3n) is 2.97. The molecule has 1 fully saturated rings. The van der Waals surface area contributed by atoms with Crippen molar-refractivity contribution in [1.82, 2.24) is 9.80 Å². The molecule has 0 atom stereocenters. The van der Waals surface area contributed by atoms with Crippen LogP contribution in [0.25, 0.3) is 0 Å². The molecule has 86 valence electrons. The molecule has 1 heterocycles. The van der Waals surface area contributed by atoms with Gasteiger partial charge in [-0.2, -0.15) is 0 Å². The van der Waals surface area contributed by atoms with E-state index in [4.69, 9.17) is 0 Å². The van der Waals surface area contributed by atoms with Gasteiger partial charge in [0.1, 0.15) is 0 Å². The SMILES string of the molecule is CN(C)C1CN(C(=O)c2ccc(Br)cc2)C1. The largest absolute Gasteiger partial charge is 0.335 e. The molecule has 0 aliphatic carbocycles. The van der Waals surface area contributed by atoms with E-state index in [-0.39, 0.29) is 5.91 Å². The number of likely N-dealkylation sites (tertiary alicyclic amines) is 1. The van der Waals surface area contributed by atoms with Crippen LogP contribution >= 0.6 is 15.9 Å². The van der Waals surface area contributed by atoms with Crippen molar-refractivity contribution in [3.63, 3.8) is 0 Å². The molecule has 0 bridgehead atoms. The lowest BCUT2D eigenvalue weighted by Gasteiger charge is -2.42. The Morgan fingerprint density at radius 2 is 1.88 bits per heavy atom. The summed E-state index contributed by atoms with van der Waals surface area (Å²) in [5.74, 6) is 0.130. The minimum Gasteiger partial charge on any atom is -0.335 e. The van der Waals surface area contributed by atoms with Gasteiger partial charge in [-0.05, 0) is 38.4 Å². The van der Waals surface area contributed by atoms with Crippen molar-refractivity contribution in [2.45, 2.75) is 6.04 Å². The van der Waals surface area contributed by atoms with Crippen LogP contribution in [0, 0.1) is 0 Å². The second-order valence-corrected chi connectivity index (χ2v) is 5.25. The molecule has 0 radical (unpaired) electrons. The van der Waals surface area contributed by atoms with Gasteiger partial charge in [0, 0.05) is 29.2 Å². The summed E-state index contributed by atoms with van der Waals surface area (Å²) in [6, 6.07) is 8.02. The van der Waals surface area contributed by atoms with Crippen LogP contribution in [-0.4, -0.2) is 48.9 Å². The van der Waals surface area contributed by atoms with Crippen LogP contribution < -0.4 is 0 Å². The van der Waals surface area contributed by atoms with Crippen molar-refractivity contribution >= 4 is 21.8 Å². The summed E-state index contributed by atoms with van der Waals surface area (Å²) in [6.07, 6.45) is 0. The highest BCUT2D eigenvalue weighted by Gasteiger charge is 2.32. The fourth-order valence-corrected chi connectivity index (χ4v) is 1.99. The Hall–Kier alpha value is -0.870. The van der Waals surface area contributed by atoms with Crippen LogP contribution in [0.2, 0.25) is 0 Å². The van der Waals surface area contributed by atoms with Crippen LogP contribution in [0.3, 0.4) is 0 Å². The third-order valence-corrected chi connectivity index (χ3v) is 3.50. The first-order chi connectivity index (χ1) is 7.58. The first-order valence-electron chi connectivity index (χ1n) is 5.29. The van der Waals surface area contributed by atoms with Gasteiger partial charge in [0.2, 0.25) is 0 Å². The zero-order valence-electron chi connectivity index (χ0n) is 9.48. The van der Waals surface area contributed by atoms with E-state index in [1.165, 1.54) is 0 Å². The Kier molecular flexibility index (Phi) is 3.30. The molecule has 0 N–H and O–H groups in total. The average Bonchev–Trinajstić information content (AvgIpc) is 2.15. The molecule has 1 saturated heterocycles. The number of amides is 1. The Bertz CT molecular complexity index is 383. The van der Waals surface area contributed by atoms with Gasteiger partial charge in [-0.1, -0.05) is 15.9 Å². The van der Waals surface area contributed by atoms with E-state index in [1.54, 1.807) is 0 Å². The number of halogens is 1. The van der Waals surface area contributed by atoms with Crippen LogP contribution in [0.15, 0.2) is 28.7 Å². The summed E-state index contributed by atoms with van der Waals surface area (Å²) in [6.45, 7) is 1.67. The zero-order chi connectivity index (χ0) is 11.7. The lowest BCUT2D eigenvalue weighted by Crippen LogP contribution is -2.59. The van der Waals surface area contributed by atoms with Crippen LogP contribution in [0.5, 0.6) is 0 Å². The predicted molar refractivity (Wildman–Crippen MR) is 67.5 cm³/mol. The Balaban J connectivity index is 1.97. The molecule has 0 unspecified atom stereocenters. The number of carbonyl (C=O) groups excluding carboxylic acids is 1. The van der Waals surface area contributed by atoms with Crippen molar-refractivity contribution < 1.29 is 4.79 Å². The lowest BCUT2D eigenvalue weighted by atomic mass is 10.1. The Labute approximate surface area is 104 Å². The number of rotatable bonds is 2. The molecular weight excluding hydrogens is 268 g/mol. The fourth-order valence-electron chi connectivity index (χ4n) is 1.72. The summed E-state index contributed by atoms with van der Waals surface area (Å²) in [4.78, 5) is 16.0. The molecule has 1 aliphatic heterocycles. The highest BCUT2D eigenvalue weighted by Crippen LogP contribution is 2.17. The van der Waals surface area contributed by atoms with E-state index in [1.807, 2.05) is 43.3 Å². The van der Waals surface area contributed by atoms with Crippen molar-refractivity contribution in [3.05, 3.63) is 34.3 Å². The van der Waals surface area contributed by atoms with E-state index in [0.717, 1.165) is 23.1 Å². The molecule has 2 rings (SSSR count). The Morgan fingerprint density at radius 3 is 2.38 bits per heavy atom. The smallest absolute Gasteiger partial charge is 0.253 e. The molecule has 0 spiro atoms. The highest BCUT2D eigenvalue weighted by atomic mass is 79.9. The minimum absolute atomic E-state index is 0.130. The summed E-state index contributed by atoms with van der Waals surface area (Å²) < 4.78 is 0.999. The summed E-state index contributed by atoms with van der Waals surface area (Å²) in [5, 5.41) is 0. The lowest BCUT2D eigenvalue weighted by molar-refractivity contribution is 0.0399. The van der Waals surface area contributed by atoms with E-state index in [9.17, 15) is 4.79 Å². The molecule has 1 amide bonds. The number of hydrogen-bond donors (Lipinski definition) is 0. The fraction of sp³-hybridized carbons (Fsp3) is 0.417. The quantitative estimate of drug-likeness (QED) is 0.827. The molecule has 0 aromatic heterocycles. The van der Waals surface area contributed by atoms with Gasteiger partial charge >= 0.3 is 0 Å². The number of nitrogens with zero attached hydrogens (tertiary/aromatic N) is 2. The van der Waals surface area contributed by atoms with Crippen LogP contribution in [-0.2, 0) is 0 Å². The standard InChI is InChI=1S/C12H15BrN2O/c1-14(2)11-7-15(8-11)12(16)9-3-5-10(13)6-4-9/h3-6,11H,7-8H2,1-2H3. The topological polar surface area (TPSA) is 23.6 Å². The van der Waals surface area contributed by atoms with Gasteiger partial charge in [-0.25, -0.2) is 0 Å². The third kappa shape index (κ3) is 2.28. The maximum Gasteiger partial charge on any atom is 0.253 e. The van der Waals surface area contributed by atoms with E-state index in [2.05, 4.69) is 20.8 Å². The number of benzene rings is 1. The molecule has 3 nitrogen and oxygen atoms in total. The zero-order valence-corrected chi connectivity index (χ0v) is 11.1. The van der Waals surface area contributed by atoms with E-state index in [0.29, 0.717) is 6.04 Å². The van der Waals surface area contributed by atoms with Gasteiger partial charge in [0.05, 0.1) is 0 Å². The summed E-state index contributed by atoms with van der Waals surface area (Å²) in [7, 11) is 4.10. The van der Waals surface area contributed by atoms with Crippen molar-refractivity contribution in [2.75, 3.05) is 27.2 Å². The van der Waals surface area contributed by atoms with Crippen molar-refractivity contribution in [2.24, 2.45) is 0 Å². The Morgan fingerprint density at radius 1 is 1.31 bits per heavy atom. The van der Waals surface area contributed by atoms with Gasteiger partial charge in [0.15, 0.2) is 0 Å². The summed E-state index contributed by atoms with van der Waals surface area (Å²) in [5.41, 5.74) is 0.764. The van der Waals surface area contributed by atoms with E-state index >= 15 is 0 Å². The average molecular weight is 283 g/mol. The van der Waals surface area contributed by atoms with Crippen LogP contribution in [0.1, 0.15) is 10.4 Å². The molecule has 16 heavy (non-hydrogen) atoms. The second kappa shape index (κ2) is 4.55. The van der Waals surface area contributed by atoms with E-state index < -0.39 is 0 Å². The first-order valence-corrected chi connectivity index (χ1v) is 6.08. The molecular formula is C12H15BrN2O. The van der Waals surface area contributed by atoms with Crippen molar-refractivity contribution in [1.29, 1.82) is 0 Å². The first kappa shape index (κ1) is 11.6. The monoisotopic (exact) mass is 282 g/mol. The minimum atomic E-state index is 0.130. The maximum atomic E-state index is 12.0. The van der Waals surface area contributed by atoms with Crippen LogP contribution in [0.4, 0.5) is 0 Å². The number of likely N-dealkylation sites (N-methyl/N-ethyl adjacent to an activating group) is 1. The summed E-state index contributed by atoms with van der Waals surface area (Å²) >= 11 is 3.36. The predicted octanol–water partition coefficient (Wildman–Crippen LogP) is 1.84. The molecule has 1 aromatic carbocycles. The number of carbonyl (C=O) groups is 1. The van der Waals surface area contributed by atoms with Gasteiger partial charge in [-0.3, -0.25) is 4.79 Å². The normalized spacial score (nSPS) is 16.4. The highest BCUT2D eigenvalue weighted by molar-refractivity contribution is 9.10. The molecule has 0 saturated carbocycles. The van der Waals surface area contributed by atoms with Gasteiger partial charge < -0.3 is 9.80 Å². The molecule has 4 heteroatoms. The maximum absolute atomic E-state index is 12.0. The molecule has 1 aromatic rings. The van der Waals surface area contributed by atoms with Crippen molar-refractivity contribution in [3.8, 4) is 0 Å². The number of hydrogen-bond acceptors (Lipinski definition) is 2. The molecule has 1 aliphatic rings. The van der Waals surface area contributed by atoms with Gasteiger partial charge in [0.25, 0.3) is 5.91 Å².